The third kappa shape index (κ3) is 3.75. The number of aromatic nitrogens is 1. The minimum absolute atomic E-state index is 0.745. The van der Waals surface area contributed by atoms with Crippen LogP contribution in [-0.2, 0) is 6.42 Å². The summed E-state index contributed by atoms with van der Waals surface area (Å²) in [6.45, 7) is 4.89. The fourth-order valence-corrected chi connectivity index (χ4v) is 3.45. The van der Waals surface area contributed by atoms with Crippen molar-refractivity contribution in [3.05, 3.63) is 39.8 Å². The highest BCUT2D eigenvalue weighted by molar-refractivity contribution is 7.99. The van der Waals surface area contributed by atoms with E-state index in [9.17, 15) is 5.26 Å². The molecule has 0 bridgehead atoms. The minimum Gasteiger partial charge on any atom is -0.384 e. The number of hydrogen-bond donors (Lipinski definition) is 1. The molecular weight excluding hydrogens is 286 g/mol. The van der Waals surface area contributed by atoms with Crippen LogP contribution in [0, 0.1) is 18.3 Å². The predicted octanol–water partition coefficient (Wildman–Crippen LogP) is 4.09. The number of nitriles is 1. The molecule has 0 spiro atoms. The Balaban J connectivity index is 2.02. The number of thiazole rings is 1. The van der Waals surface area contributed by atoms with Crippen LogP contribution in [-0.4, -0.2) is 17.3 Å². The Morgan fingerprint density at radius 3 is 2.95 bits per heavy atom. The van der Waals surface area contributed by atoms with Crippen molar-refractivity contribution < 1.29 is 0 Å². The monoisotopic (exact) mass is 303 g/mol. The number of anilines is 1. The molecule has 20 heavy (non-hydrogen) atoms. The van der Waals surface area contributed by atoms with Crippen molar-refractivity contribution in [3.63, 3.8) is 0 Å². The van der Waals surface area contributed by atoms with Crippen molar-refractivity contribution in [1.29, 1.82) is 5.26 Å². The Morgan fingerprint density at radius 1 is 1.45 bits per heavy atom. The first-order valence-electron chi connectivity index (χ1n) is 6.55. The molecule has 2 aromatic rings. The van der Waals surface area contributed by atoms with Gasteiger partial charge in [-0.3, -0.25) is 0 Å². The molecule has 0 saturated carbocycles. The highest BCUT2D eigenvalue weighted by Crippen LogP contribution is 2.27. The minimum atomic E-state index is 0.745. The molecular formula is C15H17N3S2. The van der Waals surface area contributed by atoms with Gasteiger partial charge in [-0.15, -0.1) is 23.1 Å². The topological polar surface area (TPSA) is 48.7 Å². The van der Waals surface area contributed by atoms with Gasteiger partial charge in [0.25, 0.3) is 0 Å². The van der Waals surface area contributed by atoms with Crippen LogP contribution in [0.4, 0.5) is 5.69 Å². The third-order valence-corrected chi connectivity index (χ3v) is 4.73. The first-order chi connectivity index (χ1) is 9.74. The van der Waals surface area contributed by atoms with Crippen molar-refractivity contribution in [2.45, 2.75) is 25.2 Å². The quantitative estimate of drug-likeness (QED) is 0.817. The van der Waals surface area contributed by atoms with Crippen LogP contribution < -0.4 is 5.32 Å². The number of benzene rings is 1. The summed E-state index contributed by atoms with van der Waals surface area (Å²) < 4.78 is 0. The average Bonchev–Trinajstić information content (AvgIpc) is 2.85. The van der Waals surface area contributed by atoms with Crippen LogP contribution in [0.15, 0.2) is 28.5 Å². The molecule has 1 aromatic heterocycles. The summed E-state index contributed by atoms with van der Waals surface area (Å²) in [5, 5.41) is 15.9. The van der Waals surface area contributed by atoms with Gasteiger partial charge in [0, 0.05) is 28.9 Å². The van der Waals surface area contributed by atoms with E-state index in [1.54, 1.807) is 23.1 Å². The van der Waals surface area contributed by atoms with E-state index in [2.05, 4.69) is 28.7 Å². The lowest BCUT2D eigenvalue weighted by atomic mass is 10.2. The molecule has 1 heterocycles. The third-order valence-electron chi connectivity index (χ3n) is 2.76. The van der Waals surface area contributed by atoms with E-state index in [0.717, 1.165) is 45.6 Å². The normalized spacial score (nSPS) is 10.2. The number of hydrogen-bond acceptors (Lipinski definition) is 5. The van der Waals surface area contributed by atoms with Gasteiger partial charge in [0.15, 0.2) is 0 Å². The predicted molar refractivity (Wildman–Crippen MR) is 86.6 cm³/mol. The molecule has 0 radical (unpaired) electrons. The van der Waals surface area contributed by atoms with Gasteiger partial charge in [-0.25, -0.2) is 4.98 Å². The summed E-state index contributed by atoms with van der Waals surface area (Å²) in [5.41, 5.74) is 2.73. The molecule has 0 aliphatic carbocycles. The van der Waals surface area contributed by atoms with E-state index in [-0.39, 0.29) is 0 Å². The first-order valence-corrected chi connectivity index (χ1v) is 8.42. The van der Waals surface area contributed by atoms with Crippen LogP contribution in [0.2, 0.25) is 0 Å². The van der Waals surface area contributed by atoms with Gasteiger partial charge in [-0.1, -0.05) is 13.0 Å². The maximum absolute atomic E-state index is 9.33. The number of nitrogens with one attached hydrogen (secondary N) is 1. The van der Waals surface area contributed by atoms with Gasteiger partial charge in [0.2, 0.25) is 0 Å². The zero-order valence-corrected chi connectivity index (χ0v) is 13.3. The molecule has 3 nitrogen and oxygen atoms in total. The zero-order chi connectivity index (χ0) is 14.4. The first kappa shape index (κ1) is 14.9. The second kappa shape index (κ2) is 7.32. The number of rotatable bonds is 6. The fraction of sp³-hybridized carbons (Fsp3) is 0.333. The maximum Gasteiger partial charge on any atom is 0.102 e. The Bertz CT molecular complexity index is 614. The lowest BCUT2D eigenvalue weighted by Crippen LogP contribution is -2.06. The zero-order valence-electron chi connectivity index (χ0n) is 11.6. The van der Waals surface area contributed by atoms with Gasteiger partial charge in [-0.2, -0.15) is 5.26 Å². The van der Waals surface area contributed by atoms with E-state index in [4.69, 9.17) is 0 Å². The second-order valence-electron chi connectivity index (χ2n) is 4.28. The number of thioether (sulfide) groups is 1. The Hall–Kier alpha value is -1.51. The summed E-state index contributed by atoms with van der Waals surface area (Å²) in [5.74, 6) is 0.969. The summed E-state index contributed by atoms with van der Waals surface area (Å²) in [6.07, 6.45) is 0.883. The lowest BCUT2D eigenvalue weighted by molar-refractivity contribution is 0.985. The lowest BCUT2D eigenvalue weighted by Gasteiger charge is -2.10. The SMILES string of the molecule is CCSc1cccc(NCCc2nc(C)cs2)c1C#N. The summed E-state index contributed by atoms with van der Waals surface area (Å²) in [4.78, 5) is 5.49. The molecule has 1 aromatic carbocycles. The Labute approximate surface area is 128 Å². The van der Waals surface area contributed by atoms with Crippen molar-refractivity contribution >= 4 is 28.8 Å². The van der Waals surface area contributed by atoms with Crippen molar-refractivity contribution in [1.82, 2.24) is 4.98 Å². The molecule has 0 atom stereocenters. The van der Waals surface area contributed by atoms with Crippen molar-refractivity contribution in [3.8, 4) is 6.07 Å². The van der Waals surface area contributed by atoms with Crippen molar-refractivity contribution in [2.24, 2.45) is 0 Å². The van der Waals surface area contributed by atoms with Crippen LogP contribution >= 0.6 is 23.1 Å². The summed E-state index contributed by atoms with van der Waals surface area (Å²) in [7, 11) is 0. The molecule has 0 aliphatic heterocycles. The maximum atomic E-state index is 9.33. The van der Waals surface area contributed by atoms with E-state index in [1.807, 2.05) is 25.1 Å². The summed E-state index contributed by atoms with van der Waals surface area (Å²) in [6, 6.07) is 8.27. The smallest absolute Gasteiger partial charge is 0.102 e. The van der Waals surface area contributed by atoms with Crippen LogP contribution in [0.1, 0.15) is 23.2 Å². The highest BCUT2D eigenvalue weighted by atomic mass is 32.2. The second-order valence-corrected chi connectivity index (χ2v) is 6.53. The van der Waals surface area contributed by atoms with E-state index in [1.165, 1.54) is 0 Å². The van der Waals surface area contributed by atoms with Gasteiger partial charge >= 0.3 is 0 Å². The van der Waals surface area contributed by atoms with Gasteiger partial charge in [0.1, 0.15) is 6.07 Å². The number of nitrogens with zero attached hydrogens (tertiary/aromatic N) is 2. The van der Waals surface area contributed by atoms with E-state index in [0.29, 0.717) is 0 Å². The fourth-order valence-electron chi connectivity index (χ4n) is 1.89. The Kier molecular flexibility index (Phi) is 5.45. The van der Waals surface area contributed by atoms with Gasteiger partial charge in [0.05, 0.1) is 16.3 Å². The van der Waals surface area contributed by atoms with E-state index < -0.39 is 0 Å². The van der Waals surface area contributed by atoms with Crippen LogP contribution in [0.5, 0.6) is 0 Å². The van der Waals surface area contributed by atoms with Crippen LogP contribution in [0.25, 0.3) is 0 Å². The van der Waals surface area contributed by atoms with Gasteiger partial charge in [-0.05, 0) is 24.8 Å². The highest BCUT2D eigenvalue weighted by Gasteiger charge is 2.07. The summed E-state index contributed by atoms with van der Waals surface area (Å²) >= 11 is 3.39. The number of aryl methyl sites for hydroxylation is 1. The largest absolute Gasteiger partial charge is 0.384 e. The molecule has 5 heteroatoms. The Morgan fingerprint density at radius 2 is 2.30 bits per heavy atom. The standard InChI is InChI=1S/C15H17N3S2/c1-3-19-14-6-4-5-13(12(14)9-16)17-8-7-15-18-11(2)10-20-15/h4-6,10,17H,3,7-8H2,1-2H3. The molecule has 2 rings (SSSR count). The average molecular weight is 303 g/mol. The molecule has 0 unspecified atom stereocenters. The molecule has 1 N–H and O–H groups in total. The molecule has 0 amide bonds. The molecule has 0 saturated heterocycles. The van der Waals surface area contributed by atoms with E-state index >= 15 is 0 Å². The molecule has 0 fully saturated rings. The van der Waals surface area contributed by atoms with Crippen LogP contribution in [0.3, 0.4) is 0 Å². The molecule has 104 valence electrons. The van der Waals surface area contributed by atoms with Gasteiger partial charge < -0.3 is 5.32 Å². The van der Waals surface area contributed by atoms with Crippen molar-refractivity contribution in [2.75, 3.05) is 17.6 Å². The molecule has 0 aliphatic rings.